The second kappa shape index (κ2) is 8.54. The van der Waals surface area contributed by atoms with Crippen LogP contribution < -0.4 is 0 Å². The van der Waals surface area contributed by atoms with E-state index in [-0.39, 0.29) is 17.7 Å². The van der Waals surface area contributed by atoms with Crippen LogP contribution in [0, 0.1) is 5.82 Å². The molecule has 0 fully saturated rings. The predicted molar refractivity (Wildman–Crippen MR) is 106 cm³/mol. The number of methoxy groups -OCH3 is 1. The molecule has 1 unspecified atom stereocenters. The number of benzene rings is 2. The van der Waals surface area contributed by atoms with Crippen molar-refractivity contribution in [3.8, 4) is 17.1 Å². The molecule has 29 heavy (non-hydrogen) atoms. The van der Waals surface area contributed by atoms with Gasteiger partial charge in [-0.05, 0) is 31.2 Å². The number of halogens is 1. The lowest BCUT2D eigenvalue weighted by Gasteiger charge is -2.12. The maximum Gasteiger partial charge on any atom is 0.240 e. The van der Waals surface area contributed by atoms with Gasteiger partial charge in [0.2, 0.25) is 5.89 Å². The smallest absolute Gasteiger partial charge is 0.240 e. The van der Waals surface area contributed by atoms with Gasteiger partial charge in [-0.3, -0.25) is 4.57 Å². The number of hydrogen-bond acceptors (Lipinski definition) is 7. The number of thioether (sulfide) groups is 1. The van der Waals surface area contributed by atoms with E-state index in [1.165, 1.54) is 23.9 Å². The predicted octanol–water partition coefficient (Wildman–Crippen LogP) is 4.46. The molecule has 2 aromatic heterocycles. The van der Waals surface area contributed by atoms with Crippen LogP contribution in [0.3, 0.4) is 0 Å². The molecular formula is C20H18FN5O2S. The third kappa shape index (κ3) is 4.20. The third-order valence-electron chi connectivity index (χ3n) is 4.14. The fourth-order valence-corrected chi connectivity index (χ4v) is 3.67. The lowest BCUT2D eigenvalue weighted by Crippen LogP contribution is -2.01. The lowest BCUT2D eigenvalue weighted by atomic mass is 10.2. The molecule has 7 nitrogen and oxygen atoms in total. The second-order valence-corrected chi connectivity index (χ2v) is 7.53. The molecule has 2 heterocycles. The first-order valence-corrected chi connectivity index (χ1v) is 9.78. The number of hydrogen-bond donors (Lipinski definition) is 0. The Kier molecular flexibility index (Phi) is 5.68. The SMILES string of the molecule is COCc1noc(C(C)Sc2nnc(-c3ccccc3)n2-c2ccc(F)cc2)n1. The summed E-state index contributed by atoms with van der Waals surface area (Å²) in [5.74, 6) is 1.32. The summed E-state index contributed by atoms with van der Waals surface area (Å²) < 4.78 is 25.7. The second-order valence-electron chi connectivity index (χ2n) is 6.23. The highest BCUT2D eigenvalue weighted by molar-refractivity contribution is 7.99. The fraction of sp³-hybridized carbons (Fsp3) is 0.200. The van der Waals surface area contributed by atoms with Crippen LogP contribution in [0.15, 0.2) is 64.3 Å². The Morgan fingerprint density at radius 2 is 1.86 bits per heavy atom. The number of rotatable bonds is 7. The van der Waals surface area contributed by atoms with E-state index in [0.29, 0.717) is 22.7 Å². The fourth-order valence-electron chi connectivity index (χ4n) is 2.77. The minimum Gasteiger partial charge on any atom is -0.377 e. The summed E-state index contributed by atoms with van der Waals surface area (Å²) in [5.41, 5.74) is 1.67. The molecule has 0 radical (unpaired) electrons. The molecular weight excluding hydrogens is 393 g/mol. The van der Waals surface area contributed by atoms with E-state index >= 15 is 0 Å². The van der Waals surface area contributed by atoms with Gasteiger partial charge in [0.15, 0.2) is 16.8 Å². The molecule has 0 aliphatic carbocycles. The van der Waals surface area contributed by atoms with E-state index in [1.54, 1.807) is 19.2 Å². The van der Waals surface area contributed by atoms with Gasteiger partial charge in [0.05, 0.1) is 5.25 Å². The van der Waals surface area contributed by atoms with Crippen molar-refractivity contribution in [3.05, 3.63) is 72.1 Å². The molecule has 0 aliphatic heterocycles. The number of ether oxygens (including phenoxy) is 1. The van der Waals surface area contributed by atoms with Crippen LogP contribution in [0.25, 0.3) is 17.1 Å². The summed E-state index contributed by atoms with van der Waals surface area (Å²) in [5, 5.41) is 13.1. The van der Waals surface area contributed by atoms with Gasteiger partial charge in [0.1, 0.15) is 12.4 Å². The van der Waals surface area contributed by atoms with E-state index in [2.05, 4.69) is 20.3 Å². The van der Waals surface area contributed by atoms with E-state index in [9.17, 15) is 4.39 Å². The van der Waals surface area contributed by atoms with Crippen molar-refractivity contribution in [2.45, 2.75) is 23.9 Å². The van der Waals surface area contributed by atoms with E-state index < -0.39 is 0 Å². The van der Waals surface area contributed by atoms with Crippen LogP contribution in [-0.2, 0) is 11.3 Å². The molecule has 148 valence electrons. The standard InChI is InChI=1S/C20H18FN5O2S/c1-13(19-22-17(12-27-2)25-28-19)29-20-24-23-18(14-6-4-3-5-7-14)26(20)16-10-8-15(21)9-11-16/h3-11,13H,12H2,1-2H3. The summed E-state index contributed by atoms with van der Waals surface area (Å²) in [4.78, 5) is 4.34. The Labute approximate surface area is 170 Å². The van der Waals surface area contributed by atoms with Crippen LogP contribution in [-0.4, -0.2) is 32.0 Å². The van der Waals surface area contributed by atoms with Gasteiger partial charge in [0, 0.05) is 18.4 Å². The van der Waals surface area contributed by atoms with E-state index in [0.717, 1.165) is 11.3 Å². The summed E-state index contributed by atoms with van der Waals surface area (Å²) in [6.45, 7) is 2.23. The molecule has 0 bridgehead atoms. The first-order chi connectivity index (χ1) is 14.2. The minimum atomic E-state index is -0.304. The number of nitrogens with zero attached hydrogens (tertiary/aromatic N) is 5. The maximum absolute atomic E-state index is 13.5. The van der Waals surface area contributed by atoms with Crippen molar-refractivity contribution in [1.82, 2.24) is 24.9 Å². The minimum absolute atomic E-state index is 0.167. The summed E-state index contributed by atoms with van der Waals surface area (Å²) in [6, 6.07) is 15.9. The first kappa shape index (κ1) is 19.3. The molecule has 2 aromatic carbocycles. The molecule has 9 heteroatoms. The molecule has 0 N–H and O–H groups in total. The zero-order valence-electron chi connectivity index (χ0n) is 15.8. The molecule has 1 atom stereocenters. The molecule has 0 aliphatic rings. The third-order valence-corrected chi connectivity index (χ3v) is 5.17. The van der Waals surface area contributed by atoms with Crippen molar-refractivity contribution in [1.29, 1.82) is 0 Å². The Hall–Kier alpha value is -3.04. The number of aromatic nitrogens is 5. The van der Waals surface area contributed by atoms with Gasteiger partial charge in [-0.15, -0.1) is 10.2 Å². The quantitative estimate of drug-likeness (QED) is 0.416. The van der Waals surface area contributed by atoms with Crippen LogP contribution in [0.5, 0.6) is 0 Å². The molecule has 4 aromatic rings. The average molecular weight is 411 g/mol. The first-order valence-electron chi connectivity index (χ1n) is 8.90. The molecule has 4 rings (SSSR count). The maximum atomic E-state index is 13.5. The van der Waals surface area contributed by atoms with Gasteiger partial charge in [0.25, 0.3) is 0 Å². The van der Waals surface area contributed by atoms with Crippen molar-refractivity contribution < 1.29 is 13.7 Å². The highest BCUT2D eigenvalue weighted by atomic mass is 32.2. The van der Waals surface area contributed by atoms with Crippen molar-refractivity contribution in [3.63, 3.8) is 0 Å². The van der Waals surface area contributed by atoms with Crippen LogP contribution in [0.2, 0.25) is 0 Å². The van der Waals surface area contributed by atoms with Gasteiger partial charge in [-0.2, -0.15) is 4.98 Å². The Balaban J connectivity index is 1.71. The largest absolute Gasteiger partial charge is 0.377 e. The van der Waals surface area contributed by atoms with Gasteiger partial charge < -0.3 is 9.26 Å². The highest BCUT2D eigenvalue weighted by Gasteiger charge is 2.22. The molecule has 0 saturated heterocycles. The van der Waals surface area contributed by atoms with Gasteiger partial charge in [-0.1, -0.05) is 47.3 Å². The molecule has 0 spiro atoms. The normalized spacial score (nSPS) is 12.2. The van der Waals surface area contributed by atoms with Gasteiger partial charge in [-0.25, -0.2) is 4.39 Å². The molecule has 0 amide bonds. The van der Waals surface area contributed by atoms with Crippen LogP contribution in [0.1, 0.15) is 23.9 Å². The monoisotopic (exact) mass is 411 g/mol. The van der Waals surface area contributed by atoms with E-state index in [1.807, 2.05) is 41.8 Å². The van der Waals surface area contributed by atoms with Crippen LogP contribution >= 0.6 is 11.8 Å². The Morgan fingerprint density at radius 1 is 1.10 bits per heavy atom. The highest BCUT2D eigenvalue weighted by Crippen LogP contribution is 2.36. The summed E-state index contributed by atoms with van der Waals surface area (Å²) in [7, 11) is 1.57. The zero-order chi connectivity index (χ0) is 20.2. The van der Waals surface area contributed by atoms with Crippen molar-refractivity contribution in [2.24, 2.45) is 0 Å². The summed E-state index contributed by atoms with van der Waals surface area (Å²) >= 11 is 1.43. The van der Waals surface area contributed by atoms with Crippen molar-refractivity contribution in [2.75, 3.05) is 7.11 Å². The zero-order valence-corrected chi connectivity index (χ0v) is 16.6. The Bertz CT molecular complexity index is 1080. The lowest BCUT2D eigenvalue weighted by molar-refractivity contribution is 0.174. The summed E-state index contributed by atoms with van der Waals surface area (Å²) in [6.07, 6.45) is 0. The topological polar surface area (TPSA) is 78.9 Å². The van der Waals surface area contributed by atoms with Crippen molar-refractivity contribution >= 4 is 11.8 Å². The molecule has 0 saturated carbocycles. The van der Waals surface area contributed by atoms with Gasteiger partial charge >= 0.3 is 0 Å². The average Bonchev–Trinajstić information content (AvgIpc) is 3.37. The van der Waals surface area contributed by atoms with Crippen LogP contribution in [0.4, 0.5) is 4.39 Å². The van der Waals surface area contributed by atoms with E-state index in [4.69, 9.17) is 9.26 Å². The Morgan fingerprint density at radius 3 is 2.59 bits per heavy atom.